The number of halogens is 1. The molecule has 28 heavy (non-hydrogen) atoms. The number of ether oxygens (including phenoxy) is 2. The van der Waals surface area contributed by atoms with Crippen molar-refractivity contribution in [1.29, 1.82) is 0 Å². The molecular formula is C20H35FNO5P. The maximum atomic E-state index is 13.9. The van der Waals surface area contributed by atoms with Crippen molar-refractivity contribution in [3.63, 3.8) is 0 Å². The summed E-state index contributed by atoms with van der Waals surface area (Å²) < 4.78 is 36.0. The molecule has 1 aromatic rings. The Morgan fingerprint density at radius 3 is 2.11 bits per heavy atom. The highest BCUT2D eigenvalue weighted by atomic mass is 31.2. The summed E-state index contributed by atoms with van der Waals surface area (Å²) >= 11 is 0. The monoisotopic (exact) mass is 419 g/mol. The number of nitrogens with one attached hydrogen (secondary N) is 1. The largest absolute Gasteiger partial charge is 0.493 e. The second-order valence-corrected chi connectivity index (χ2v) is 9.09. The second kappa shape index (κ2) is 13.9. The van der Waals surface area contributed by atoms with E-state index < -0.39 is 13.3 Å². The first-order valence-electron chi connectivity index (χ1n) is 10.2. The molecule has 0 fully saturated rings. The molecule has 1 aromatic carbocycles. The van der Waals surface area contributed by atoms with Gasteiger partial charge in [0.2, 0.25) is 0 Å². The lowest BCUT2D eigenvalue weighted by Crippen LogP contribution is -2.06. The summed E-state index contributed by atoms with van der Waals surface area (Å²) in [6, 6.07) is 3.07. The molecule has 0 heterocycles. The third-order valence-electron chi connectivity index (χ3n) is 4.55. The van der Waals surface area contributed by atoms with Crippen LogP contribution in [-0.4, -0.2) is 29.5 Å². The molecule has 0 radical (unpaired) electrons. The van der Waals surface area contributed by atoms with Crippen molar-refractivity contribution in [1.82, 2.24) is 5.25 Å². The molecule has 1 unspecified atom stereocenters. The fourth-order valence-corrected chi connectivity index (χ4v) is 3.71. The lowest BCUT2D eigenvalue weighted by atomic mass is 10.1. The molecule has 0 amide bonds. The molecule has 0 saturated carbocycles. The maximum absolute atomic E-state index is 13.9. The van der Waals surface area contributed by atoms with Crippen LogP contribution in [0.5, 0.6) is 11.5 Å². The average Bonchev–Trinajstić information content (AvgIpc) is 2.66. The Bertz CT molecular complexity index is 615. The van der Waals surface area contributed by atoms with E-state index >= 15 is 0 Å². The number of hydrogen-bond acceptors (Lipinski definition) is 4. The van der Waals surface area contributed by atoms with E-state index in [2.05, 4.69) is 0 Å². The molecule has 1 rings (SSSR count). The molecule has 0 bridgehead atoms. The van der Waals surface area contributed by atoms with Crippen LogP contribution in [0.2, 0.25) is 0 Å². The Morgan fingerprint density at radius 2 is 1.54 bits per heavy atom. The van der Waals surface area contributed by atoms with Gasteiger partial charge in [0, 0.05) is 12.2 Å². The quantitative estimate of drug-likeness (QED) is 0.184. The van der Waals surface area contributed by atoms with Gasteiger partial charge in [-0.05, 0) is 38.3 Å². The van der Waals surface area contributed by atoms with Gasteiger partial charge in [0.05, 0.1) is 13.2 Å². The summed E-state index contributed by atoms with van der Waals surface area (Å²) in [5, 5.41) is 9.96. The Morgan fingerprint density at radius 1 is 0.964 bits per heavy atom. The molecule has 0 saturated heterocycles. The van der Waals surface area contributed by atoms with Crippen LogP contribution in [0.1, 0.15) is 70.3 Å². The Hall–Kier alpha value is -1.14. The highest BCUT2D eigenvalue weighted by Crippen LogP contribution is 2.35. The summed E-state index contributed by atoms with van der Waals surface area (Å²) in [5.41, 5.74) is 0.872. The summed E-state index contributed by atoms with van der Waals surface area (Å²) in [4.78, 5) is 9.16. The Kier molecular flexibility index (Phi) is 12.4. The van der Waals surface area contributed by atoms with Crippen LogP contribution in [0, 0.1) is 12.7 Å². The molecule has 8 heteroatoms. The van der Waals surface area contributed by atoms with Gasteiger partial charge in [-0.25, -0.2) is 4.39 Å². The van der Waals surface area contributed by atoms with Gasteiger partial charge in [-0.3, -0.25) is 4.57 Å². The van der Waals surface area contributed by atoms with Crippen LogP contribution >= 0.6 is 7.52 Å². The summed E-state index contributed by atoms with van der Waals surface area (Å²) in [7, 11) is -3.52. The Balaban J connectivity index is 2.02. The summed E-state index contributed by atoms with van der Waals surface area (Å²) in [6.07, 6.45) is 9.28. The lowest BCUT2D eigenvalue weighted by molar-refractivity contribution is 0.222. The third kappa shape index (κ3) is 10.4. The first-order valence-corrected chi connectivity index (χ1v) is 12.0. The molecule has 6 nitrogen and oxygen atoms in total. The minimum atomic E-state index is -3.52. The van der Waals surface area contributed by atoms with Gasteiger partial charge in [0.1, 0.15) is 5.75 Å². The molecule has 0 aliphatic carbocycles. The zero-order valence-electron chi connectivity index (χ0n) is 17.1. The van der Waals surface area contributed by atoms with Gasteiger partial charge in [-0.15, -0.1) is 5.25 Å². The fourth-order valence-electron chi connectivity index (χ4n) is 2.96. The van der Waals surface area contributed by atoms with Crippen LogP contribution < -0.4 is 14.7 Å². The molecule has 0 aliphatic heterocycles. The number of aryl methyl sites for hydroxylation is 1. The SMILES string of the molecule is CCOc1cc(C)c(OCCCCCCCCCCCP(=O)(O)NO)cc1F. The molecular weight excluding hydrogens is 384 g/mol. The van der Waals surface area contributed by atoms with Crippen molar-refractivity contribution in [2.75, 3.05) is 19.4 Å². The van der Waals surface area contributed by atoms with Crippen LogP contribution in [0.4, 0.5) is 4.39 Å². The Labute approximate surface area is 167 Å². The lowest BCUT2D eigenvalue weighted by Gasteiger charge is -2.12. The minimum absolute atomic E-state index is 0.112. The van der Waals surface area contributed by atoms with Crippen LogP contribution in [-0.2, 0) is 4.57 Å². The number of rotatable bonds is 16. The van der Waals surface area contributed by atoms with E-state index in [1.807, 2.05) is 13.8 Å². The number of unbranched alkanes of at least 4 members (excludes halogenated alkanes) is 8. The van der Waals surface area contributed by atoms with Gasteiger partial charge in [0.15, 0.2) is 11.6 Å². The zero-order valence-corrected chi connectivity index (χ0v) is 18.0. The van der Waals surface area contributed by atoms with E-state index in [-0.39, 0.29) is 11.9 Å². The van der Waals surface area contributed by atoms with E-state index in [9.17, 15) is 8.96 Å². The molecule has 0 aliphatic rings. The highest BCUT2D eigenvalue weighted by molar-refractivity contribution is 7.55. The van der Waals surface area contributed by atoms with E-state index in [0.29, 0.717) is 25.4 Å². The summed E-state index contributed by atoms with van der Waals surface area (Å²) in [5.74, 6) is 0.449. The van der Waals surface area contributed by atoms with Crippen molar-refractivity contribution >= 4 is 7.52 Å². The standard InChI is InChI=1S/C20H35FNO5P/c1-3-26-20-15-17(2)19(16-18(20)21)27-13-11-9-7-5-4-6-8-10-12-14-28(24,25)22-23/h15-16,23H,3-14H2,1-2H3,(H2,22,24,25). The zero-order chi connectivity index (χ0) is 20.8. The van der Waals surface area contributed by atoms with Gasteiger partial charge in [-0.2, -0.15) is 0 Å². The topological polar surface area (TPSA) is 88.0 Å². The smallest absolute Gasteiger partial charge is 0.289 e. The van der Waals surface area contributed by atoms with E-state index in [1.165, 1.54) is 11.3 Å². The first-order chi connectivity index (χ1) is 13.4. The van der Waals surface area contributed by atoms with E-state index in [0.717, 1.165) is 56.9 Å². The highest BCUT2D eigenvalue weighted by Gasteiger charge is 2.14. The molecule has 162 valence electrons. The predicted molar refractivity (Wildman–Crippen MR) is 109 cm³/mol. The third-order valence-corrected chi connectivity index (χ3v) is 5.78. The van der Waals surface area contributed by atoms with Crippen molar-refractivity contribution in [3.05, 3.63) is 23.5 Å². The second-order valence-electron chi connectivity index (χ2n) is 7.04. The van der Waals surface area contributed by atoms with Crippen LogP contribution in [0.3, 0.4) is 0 Å². The molecule has 0 spiro atoms. The average molecular weight is 419 g/mol. The van der Waals surface area contributed by atoms with Gasteiger partial charge in [0.25, 0.3) is 7.52 Å². The van der Waals surface area contributed by atoms with Crippen molar-refractivity contribution < 1.29 is 28.5 Å². The van der Waals surface area contributed by atoms with Crippen LogP contribution in [0.25, 0.3) is 0 Å². The summed E-state index contributed by atoms with van der Waals surface area (Å²) in [6.45, 7) is 4.72. The minimum Gasteiger partial charge on any atom is -0.493 e. The normalized spacial score (nSPS) is 13.3. The molecule has 1 atom stereocenters. The van der Waals surface area contributed by atoms with Crippen molar-refractivity contribution in [2.45, 2.75) is 71.6 Å². The first kappa shape index (κ1) is 24.9. The maximum Gasteiger partial charge on any atom is 0.289 e. The molecule has 3 N–H and O–H groups in total. The fraction of sp³-hybridized carbons (Fsp3) is 0.700. The van der Waals surface area contributed by atoms with Crippen molar-refractivity contribution in [3.8, 4) is 11.5 Å². The van der Waals surface area contributed by atoms with Gasteiger partial charge >= 0.3 is 0 Å². The van der Waals surface area contributed by atoms with Gasteiger partial charge < -0.3 is 19.6 Å². The predicted octanol–water partition coefficient (Wildman–Crippen LogP) is 5.59. The van der Waals surface area contributed by atoms with Gasteiger partial charge in [-0.1, -0.05) is 44.9 Å². The van der Waals surface area contributed by atoms with E-state index in [4.69, 9.17) is 19.6 Å². The number of benzene rings is 1. The van der Waals surface area contributed by atoms with E-state index in [1.54, 1.807) is 6.07 Å². The van der Waals surface area contributed by atoms with Crippen LogP contribution in [0.15, 0.2) is 12.1 Å². The number of hydrogen-bond donors (Lipinski definition) is 3. The molecule has 0 aromatic heterocycles. The van der Waals surface area contributed by atoms with Crippen molar-refractivity contribution in [2.24, 2.45) is 0 Å².